The normalized spacial score (nSPS) is 19.9. The van der Waals surface area contributed by atoms with Crippen molar-refractivity contribution in [2.45, 2.75) is 6.04 Å². The molecule has 1 aromatic rings. The smallest absolute Gasteiger partial charge is 0.329 e. The minimum absolute atomic E-state index is 0.0572. The van der Waals surface area contributed by atoms with Gasteiger partial charge in [-0.05, 0) is 0 Å². The summed E-state index contributed by atoms with van der Waals surface area (Å²) in [5.41, 5.74) is 1.06. The lowest BCUT2D eigenvalue weighted by Crippen LogP contribution is -2.40. The molecule has 0 spiro atoms. The molecule has 0 fully saturated rings. The van der Waals surface area contributed by atoms with Gasteiger partial charge in [0.2, 0.25) is 0 Å². The third-order valence-electron chi connectivity index (χ3n) is 2.46. The van der Waals surface area contributed by atoms with Crippen molar-refractivity contribution in [3.05, 3.63) is 17.5 Å². The third kappa shape index (κ3) is 1.42. The molecule has 1 aromatic heterocycles. The molecular weight excluding hydrogens is 198 g/mol. The second-order valence-corrected chi connectivity index (χ2v) is 3.33. The summed E-state index contributed by atoms with van der Waals surface area (Å²) in [6, 6.07) is -0.602. The summed E-state index contributed by atoms with van der Waals surface area (Å²) in [5.74, 6) is -0.467. The van der Waals surface area contributed by atoms with E-state index in [0.717, 1.165) is 0 Å². The van der Waals surface area contributed by atoms with E-state index < -0.39 is 12.0 Å². The van der Waals surface area contributed by atoms with Crippen LogP contribution in [0.4, 0.5) is 0 Å². The number of nitrogens with zero attached hydrogens (tertiary/aromatic N) is 2. The van der Waals surface area contributed by atoms with E-state index in [1.807, 2.05) is 0 Å². The molecule has 1 aliphatic heterocycles. The molecule has 0 bridgehead atoms. The van der Waals surface area contributed by atoms with Gasteiger partial charge in [0.25, 0.3) is 0 Å². The molecule has 0 radical (unpaired) electrons. The van der Waals surface area contributed by atoms with Crippen LogP contribution in [-0.4, -0.2) is 35.2 Å². The predicted octanol–water partition coefficient (Wildman–Crippen LogP) is -0.580. The fourth-order valence-electron chi connectivity index (χ4n) is 1.70. The van der Waals surface area contributed by atoms with Crippen LogP contribution < -0.4 is 5.32 Å². The Labute approximate surface area is 86.2 Å². The Balaban J connectivity index is 2.47. The van der Waals surface area contributed by atoms with Crippen molar-refractivity contribution < 1.29 is 14.3 Å². The molecule has 6 heteroatoms. The Hall–Kier alpha value is -1.69. The first-order valence-electron chi connectivity index (χ1n) is 4.51. The number of ether oxygens (including phenoxy) is 1. The van der Waals surface area contributed by atoms with Crippen LogP contribution in [0.3, 0.4) is 0 Å². The van der Waals surface area contributed by atoms with E-state index >= 15 is 0 Å². The number of carbonyl (C=O) groups excluding carboxylic acids is 2. The Kier molecular flexibility index (Phi) is 2.28. The van der Waals surface area contributed by atoms with E-state index in [1.165, 1.54) is 18.0 Å². The molecule has 0 saturated heterocycles. The van der Waals surface area contributed by atoms with Gasteiger partial charge in [0, 0.05) is 7.05 Å². The average molecular weight is 209 g/mol. The highest BCUT2D eigenvalue weighted by Gasteiger charge is 2.33. The quantitative estimate of drug-likeness (QED) is 0.626. The van der Waals surface area contributed by atoms with Gasteiger partial charge in [0.15, 0.2) is 5.78 Å². The summed E-state index contributed by atoms with van der Waals surface area (Å²) in [4.78, 5) is 22.9. The molecule has 2 heterocycles. The number of carbonyl (C=O) groups is 2. The van der Waals surface area contributed by atoms with Crippen LogP contribution in [0.5, 0.6) is 0 Å². The van der Waals surface area contributed by atoms with Crippen LogP contribution >= 0.6 is 0 Å². The fourth-order valence-corrected chi connectivity index (χ4v) is 1.70. The minimum atomic E-state index is -0.602. The highest BCUT2D eigenvalue weighted by Crippen LogP contribution is 2.22. The zero-order valence-electron chi connectivity index (χ0n) is 8.48. The maximum atomic E-state index is 11.5. The molecule has 0 saturated carbocycles. The van der Waals surface area contributed by atoms with Crippen LogP contribution in [0, 0.1) is 0 Å². The first-order chi connectivity index (χ1) is 7.15. The zero-order valence-corrected chi connectivity index (χ0v) is 8.48. The van der Waals surface area contributed by atoms with E-state index in [4.69, 9.17) is 0 Å². The lowest BCUT2D eigenvalue weighted by Gasteiger charge is -2.21. The SMILES string of the molecule is COC(=O)C1NCC(=O)c2cnn(C)c21. The lowest BCUT2D eigenvalue weighted by molar-refractivity contribution is -0.143. The molecule has 6 nitrogen and oxygen atoms in total. The van der Waals surface area contributed by atoms with Crippen LogP contribution in [0.25, 0.3) is 0 Å². The zero-order chi connectivity index (χ0) is 11.0. The number of fused-ring (bicyclic) bond motifs is 1. The number of esters is 1. The van der Waals surface area contributed by atoms with E-state index in [-0.39, 0.29) is 12.3 Å². The molecule has 1 N–H and O–H groups in total. The Morgan fingerprint density at radius 2 is 2.47 bits per heavy atom. The maximum absolute atomic E-state index is 11.5. The number of rotatable bonds is 1. The molecule has 0 amide bonds. The lowest BCUT2D eigenvalue weighted by atomic mass is 10.0. The molecule has 2 rings (SSSR count). The van der Waals surface area contributed by atoms with E-state index in [1.54, 1.807) is 7.05 Å². The van der Waals surface area contributed by atoms with Crippen molar-refractivity contribution in [3.63, 3.8) is 0 Å². The van der Waals surface area contributed by atoms with Gasteiger partial charge in [-0.3, -0.25) is 14.8 Å². The summed E-state index contributed by atoms with van der Waals surface area (Å²) in [6.45, 7) is 0.137. The number of methoxy groups -OCH3 is 1. The minimum Gasteiger partial charge on any atom is -0.468 e. The molecule has 1 unspecified atom stereocenters. The maximum Gasteiger partial charge on any atom is 0.329 e. The number of hydrogen-bond donors (Lipinski definition) is 1. The largest absolute Gasteiger partial charge is 0.468 e. The van der Waals surface area contributed by atoms with Gasteiger partial charge < -0.3 is 4.74 Å². The molecule has 80 valence electrons. The number of Topliss-reactive ketones (excluding diaryl/α,β-unsaturated/α-hetero) is 1. The highest BCUT2D eigenvalue weighted by atomic mass is 16.5. The monoisotopic (exact) mass is 209 g/mol. The number of hydrogen-bond acceptors (Lipinski definition) is 5. The summed E-state index contributed by atoms with van der Waals surface area (Å²) in [5, 5.41) is 6.78. The van der Waals surface area contributed by atoms with Gasteiger partial charge >= 0.3 is 5.97 Å². The first-order valence-corrected chi connectivity index (χ1v) is 4.51. The van der Waals surface area contributed by atoms with Crippen molar-refractivity contribution in [2.75, 3.05) is 13.7 Å². The van der Waals surface area contributed by atoms with Crippen molar-refractivity contribution in [2.24, 2.45) is 7.05 Å². The van der Waals surface area contributed by atoms with Crippen molar-refractivity contribution in [3.8, 4) is 0 Å². The summed E-state index contributed by atoms with van der Waals surface area (Å²) < 4.78 is 6.17. The molecule has 0 aromatic carbocycles. The third-order valence-corrected chi connectivity index (χ3v) is 2.46. The van der Waals surface area contributed by atoms with Crippen LogP contribution in [0.1, 0.15) is 22.1 Å². The fraction of sp³-hybridized carbons (Fsp3) is 0.444. The van der Waals surface area contributed by atoms with E-state index in [0.29, 0.717) is 11.3 Å². The summed E-state index contributed by atoms with van der Waals surface area (Å²) in [6.07, 6.45) is 1.48. The number of ketones is 1. The first kappa shape index (κ1) is 9.85. The molecule has 1 aliphatic rings. The van der Waals surface area contributed by atoms with E-state index in [9.17, 15) is 9.59 Å². The topological polar surface area (TPSA) is 73.2 Å². The highest BCUT2D eigenvalue weighted by molar-refractivity contribution is 6.01. The standard InChI is InChI=1S/C9H11N3O3/c1-12-8-5(3-11-12)6(13)4-10-7(8)9(14)15-2/h3,7,10H,4H2,1-2H3. The second kappa shape index (κ2) is 3.47. The Morgan fingerprint density at radius 3 is 3.13 bits per heavy atom. The van der Waals surface area contributed by atoms with Gasteiger partial charge in [-0.1, -0.05) is 0 Å². The van der Waals surface area contributed by atoms with Crippen molar-refractivity contribution in [1.29, 1.82) is 0 Å². The van der Waals surface area contributed by atoms with E-state index in [2.05, 4.69) is 15.2 Å². The van der Waals surface area contributed by atoms with Gasteiger partial charge in [0.1, 0.15) is 6.04 Å². The average Bonchev–Trinajstić information content (AvgIpc) is 2.62. The predicted molar refractivity (Wildman–Crippen MR) is 50.3 cm³/mol. The van der Waals surface area contributed by atoms with Crippen molar-refractivity contribution >= 4 is 11.8 Å². The number of nitrogens with one attached hydrogen (secondary N) is 1. The molecular formula is C9H11N3O3. The summed E-state index contributed by atoms with van der Waals surface area (Å²) in [7, 11) is 3.01. The number of aryl methyl sites for hydroxylation is 1. The van der Waals surface area contributed by atoms with Gasteiger partial charge in [-0.2, -0.15) is 5.10 Å². The Morgan fingerprint density at radius 1 is 1.73 bits per heavy atom. The van der Waals surface area contributed by atoms with Crippen LogP contribution in [0.2, 0.25) is 0 Å². The molecule has 1 atom stereocenters. The van der Waals surface area contributed by atoms with Crippen LogP contribution in [0.15, 0.2) is 6.20 Å². The molecule has 15 heavy (non-hydrogen) atoms. The van der Waals surface area contributed by atoms with Gasteiger partial charge in [0.05, 0.1) is 31.1 Å². The number of aromatic nitrogens is 2. The van der Waals surface area contributed by atoms with Crippen LogP contribution in [-0.2, 0) is 16.6 Å². The molecule has 0 aliphatic carbocycles. The van der Waals surface area contributed by atoms with Crippen molar-refractivity contribution in [1.82, 2.24) is 15.1 Å². The van der Waals surface area contributed by atoms with Gasteiger partial charge in [-0.15, -0.1) is 0 Å². The summed E-state index contributed by atoms with van der Waals surface area (Å²) >= 11 is 0. The Bertz CT molecular complexity index is 424. The van der Waals surface area contributed by atoms with Gasteiger partial charge in [-0.25, -0.2) is 4.79 Å². The second-order valence-electron chi connectivity index (χ2n) is 3.33.